The lowest BCUT2D eigenvalue weighted by atomic mass is 9.97. The summed E-state index contributed by atoms with van der Waals surface area (Å²) < 4.78 is 0. The summed E-state index contributed by atoms with van der Waals surface area (Å²) in [6.07, 6.45) is 2.58. The van der Waals surface area contributed by atoms with E-state index >= 15 is 0 Å². The number of anilines is 2. The van der Waals surface area contributed by atoms with E-state index < -0.39 is 5.66 Å². The normalized spacial score (nSPS) is 22.7. The highest BCUT2D eigenvalue weighted by Crippen LogP contribution is 2.44. The molecule has 5 rings (SSSR count). The molecule has 3 aliphatic heterocycles. The molecule has 1 fully saturated rings. The van der Waals surface area contributed by atoms with Crippen molar-refractivity contribution in [2.45, 2.75) is 38.3 Å². The molecule has 3 amide bonds. The van der Waals surface area contributed by atoms with Gasteiger partial charge in [0.2, 0.25) is 11.8 Å². The molecule has 0 radical (unpaired) electrons. The first kappa shape index (κ1) is 19.1. The molecule has 3 heterocycles. The Kier molecular flexibility index (Phi) is 4.36. The molecule has 2 aromatic rings. The van der Waals surface area contributed by atoms with Gasteiger partial charge in [-0.05, 0) is 62.1 Å². The maximum atomic E-state index is 13.4. The third-order valence-electron chi connectivity index (χ3n) is 6.50. The zero-order chi connectivity index (χ0) is 21.0. The SMILES string of the molecule is CC12CCC(=O)N1c1ccccc1C(=O)N2CC(=O)N1CCCc2cc(Cl)ccc21. The van der Waals surface area contributed by atoms with Gasteiger partial charge in [-0.3, -0.25) is 19.3 Å². The zero-order valence-electron chi connectivity index (χ0n) is 16.7. The zero-order valence-corrected chi connectivity index (χ0v) is 17.5. The Morgan fingerprint density at radius 1 is 1.10 bits per heavy atom. The van der Waals surface area contributed by atoms with Crippen molar-refractivity contribution in [1.82, 2.24) is 4.90 Å². The molecular weight excluding hydrogens is 402 g/mol. The van der Waals surface area contributed by atoms with E-state index in [2.05, 4.69) is 0 Å². The van der Waals surface area contributed by atoms with Gasteiger partial charge in [0.25, 0.3) is 5.91 Å². The van der Waals surface area contributed by atoms with E-state index in [0.29, 0.717) is 35.7 Å². The van der Waals surface area contributed by atoms with Gasteiger partial charge < -0.3 is 9.80 Å². The van der Waals surface area contributed by atoms with Crippen LogP contribution < -0.4 is 9.80 Å². The number of carbonyl (C=O) groups is 3. The molecule has 3 aliphatic rings. The number of amides is 3. The van der Waals surface area contributed by atoms with Crippen molar-refractivity contribution in [2.24, 2.45) is 0 Å². The Bertz CT molecular complexity index is 1090. The van der Waals surface area contributed by atoms with Crippen molar-refractivity contribution in [1.29, 1.82) is 0 Å². The summed E-state index contributed by atoms with van der Waals surface area (Å²) in [5.74, 6) is -0.375. The number of hydrogen-bond donors (Lipinski definition) is 0. The summed E-state index contributed by atoms with van der Waals surface area (Å²) in [7, 11) is 0. The van der Waals surface area contributed by atoms with E-state index in [0.717, 1.165) is 24.1 Å². The minimum atomic E-state index is -0.837. The van der Waals surface area contributed by atoms with Gasteiger partial charge in [-0.2, -0.15) is 0 Å². The Balaban J connectivity index is 1.50. The van der Waals surface area contributed by atoms with E-state index in [1.165, 1.54) is 0 Å². The van der Waals surface area contributed by atoms with E-state index in [1.54, 1.807) is 39.0 Å². The number of fused-ring (bicyclic) bond motifs is 4. The van der Waals surface area contributed by atoms with Crippen molar-refractivity contribution in [3.8, 4) is 0 Å². The van der Waals surface area contributed by atoms with Crippen LogP contribution in [0.2, 0.25) is 5.02 Å². The predicted molar refractivity (Wildman–Crippen MR) is 115 cm³/mol. The van der Waals surface area contributed by atoms with Crippen molar-refractivity contribution in [2.75, 3.05) is 22.9 Å². The Hall–Kier alpha value is -2.86. The van der Waals surface area contributed by atoms with Crippen molar-refractivity contribution >= 4 is 40.7 Å². The molecule has 0 saturated carbocycles. The predicted octanol–water partition coefficient (Wildman–Crippen LogP) is 3.62. The molecule has 0 N–H and O–H groups in total. The van der Waals surface area contributed by atoms with E-state index in [1.807, 2.05) is 25.1 Å². The van der Waals surface area contributed by atoms with Crippen LogP contribution in [0.5, 0.6) is 0 Å². The number of aryl methyl sites for hydroxylation is 1. The largest absolute Gasteiger partial charge is 0.311 e. The van der Waals surface area contributed by atoms with Crippen molar-refractivity contribution in [3.63, 3.8) is 0 Å². The first-order valence-electron chi connectivity index (χ1n) is 10.2. The molecule has 0 spiro atoms. The van der Waals surface area contributed by atoms with Crippen LogP contribution >= 0.6 is 11.6 Å². The van der Waals surface area contributed by atoms with Gasteiger partial charge in [-0.15, -0.1) is 0 Å². The lowest BCUT2D eigenvalue weighted by molar-refractivity contribution is -0.122. The van der Waals surface area contributed by atoms with Gasteiger partial charge in [0.05, 0.1) is 11.3 Å². The lowest BCUT2D eigenvalue weighted by Gasteiger charge is -2.48. The third kappa shape index (κ3) is 2.74. The smallest absolute Gasteiger partial charge is 0.258 e. The minimum absolute atomic E-state index is 0.0205. The van der Waals surface area contributed by atoms with Crippen LogP contribution in [-0.2, 0) is 16.0 Å². The van der Waals surface area contributed by atoms with E-state index in [9.17, 15) is 14.4 Å². The summed E-state index contributed by atoms with van der Waals surface area (Å²) in [6.45, 7) is 2.41. The Morgan fingerprint density at radius 2 is 1.90 bits per heavy atom. The molecule has 1 unspecified atom stereocenters. The second kappa shape index (κ2) is 6.84. The van der Waals surface area contributed by atoms with E-state index in [-0.39, 0.29) is 24.3 Å². The molecule has 1 atom stereocenters. The quantitative estimate of drug-likeness (QED) is 0.741. The second-order valence-electron chi connectivity index (χ2n) is 8.28. The average Bonchev–Trinajstić information content (AvgIpc) is 3.05. The Morgan fingerprint density at radius 3 is 2.73 bits per heavy atom. The fourth-order valence-corrected chi connectivity index (χ4v) is 5.18. The number of rotatable bonds is 2. The van der Waals surface area contributed by atoms with Gasteiger partial charge in [0.1, 0.15) is 12.2 Å². The van der Waals surface area contributed by atoms with Crippen LogP contribution in [0.3, 0.4) is 0 Å². The summed E-state index contributed by atoms with van der Waals surface area (Å²) in [5, 5.41) is 0.651. The Labute approximate surface area is 180 Å². The number of halogens is 1. The van der Waals surface area contributed by atoms with Gasteiger partial charge in [-0.25, -0.2) is 0 Å². The van der Waals surface area contributed by atoms with Crippen molar-refractivity contribution < 1.29 is 14.4 Å². The summed E-state index contributed by atoms with van der Waals surface area (Å²) in [6, 6.07) is 12.7. The van der Waals surface area contributed by atoms with Crippen LogP contribution in [0, 0.1) is 0 Å². The minimum Gasteiger partial charge on any atom is -0.311 e. The van der Waals surface area contributed by atoms with Crippen LogP contribution in [0.25, 0.3) is 0 Å². The molecule has 6 nitrogen and oxygen atoms in total. The van der Waals surface area contributed by atoms with Gasteiger partial charge >= 0.3 is 0 Å². The molecular formula is C23H22ClN3O3. The summed E-state index contributed by atoms with van der Waals surface area (Å²) in [4.78, 5) is 44.5. The lowest BCUT2D eigenvalue weighted by Crippen LogP contribution is -2.64. The number of carbonyl (C=O) groups excluding carboxylic acids is 3. The number of benzene rings is 2. The fourth-order valence-electron chi connectivity index (χ4n) is 4.99. The van der Waals surface area contributed by atoms with Crippen LogP contribution in [0.1, 0.15) is 42.1 Å². The molecule has 30 heavy (non-hydrogen) atoms. The van der Waals surface area contributed by atoms with E-state index in [4.69, 9.17) is 11.6 Å². The van der Waals surface area contributed by atoms with Crippen LogP contribution in [0.15, 0.2) is 42.5 Å². The number of nitrogens with zero attached hydrogens (tertiary/aromatic N) is 3. The highest BCUT2D eigenvalue weighted by molar-refractivity contribution is 6.30. The standard InChI is InChI=1S/C23H22ClN3O3/c1-23-11-10-20(28)27(23)19-7-3-2-6-17(19)22(30)26(23)14-21(29)25-12-4-5-15-13-16(24)8-9-18(15)25/h2-3,6-9,13H,4-5,10-12,14H2,1H3. The second-order valence-corrected chi connectivity index (χ2v) is 8.71. The average molecular weight is 424 g/mol. The van der Waals surface area contributed by atoms with Crippen LogP contribution in [-0.4, -0.2) is 41.4 Å². The molecule has 2 aromatic carbocycles. The third-order valence-corrected chi connectivity index (χ3v) is 6.74. The molecule has 1 saturated heterocycles. The first-order valence-corrected chi connectivity index (χ1v) is 10.6. The summed E-state index contributed by atoms with van der Waals surface area (Å²) >= 11 is 6.13. The maximum absolute atomic E-state index is 13.4. The van der Waals surface area contributed by atoms with Crippen LogP contribution in [0.4, 0.5) is 11.4 Å². The molecule has 0 aromatic heterocycles. The molecule has 7 heteroatoms. The van der Waals surface area contributed by atoms with Gasteiger partial charge in [0, 0.05) is 23.7 Å². The fraction of sp³-hybridized carbons (Fsp3) is 0.348. The highest BCUT2D eigenvalue weighted by Gasteiger charge is 2.53. The number of hydrogen-bond acceptors (Lipinski definition) is 3. The summed E-state index contributed by atoms with van der Waals surface area (Å²) in [5.41, 5.74) is 2.15. The first-order chi connectivity index (χ1) is 14.4. The number of para-hydroxylation sites is 1. The molecule has 0 bridgehead atoms. The monoisotopic (exact) mass is 423 g/mol. The molecule has 0 aliphatic carbocycles. The van der Waals surface area contributed by atoms with Crippen molar-refractivity contribution in [3.05, 3.63) is 58.6 Å². The maximum Gasteiger partial charge on any atom is 0.258 e. The highest BCUT2D eigenvalue weighted by atomic mass is 35.5. The van der Waals surface area contributed by atoms with Gasteiger partial charge in [-0.1, -0.05) is 23.7 Å². The molecule has 154 valence electrons. The van der Waals surface area contributed by atoms with Gasteiger partial charge in [0.15, 0.2) is 0 Å². The topological polar surface area (TPSA) is 60.9 Å².